The molecule has 2 rings (SSSR count). The number of nitrogens with zero attached hydrogens (tertiary/aromatic N) is 4. The monoisotopic (exact) mass is 197 g/mol. The lowest BCUT2D eigenvalue weighted by Gasteiger charge is -2.01. The third-order valence-electron chi connectivity index (χ3n) is 1.83. The molecule has 0 saturated carbocycles. The number of rotatable bonds is 0. The molecule has 0 radical (unpaired) electrons. The summed E-state index contributed by atoms with van der Waals surface area (Å²) < 4.78 is 1.53. The molecule has 2 N–H and O–H groups in total. The Labute approximate surface area is 79.6 Å². The molecule has 2 aromatic heterocycles. The number of hydrogen-bond donors (Lipinski definition) is 1. The van der Waals surface area contributed by atoms with Crippen molar-refractivity contribution >= 4 is 23.3 Å². The van der Waals surface area contributed by atoms with Crippen LogP contribution in [0.3, 0.4) is 0 Å². The van der Waals surface area contributed by atoms with Crippen molar-refractivity contribution in [1.82, 2.24) is 19.6 Å². The second-order valence-electron chi connectivity index (χ2n) is 2.78. The van der Waals surface area contributed by atoms with Gasteiger partial charge in [0.15, 0.2) is 0 Å². The van der Waals surface area contributed by atoms with Gasteiger partial charge in [-0.15, -0.1) is 5.10 Å². The van der Waals surface area contributed by atoms with Gasteiger partial charge in [0, 0.05) is 0 Å². The van der Waals surface area contributed by atoms with Crippen LogP contribution >= 0.6 is 11.6 Å². The number of halogens is 1. The van der Waals surface area contributed by atoms with Crippen molar-refractivity contribution < 1.29 is 0 Å². The Hall–Kier alpha value is -1.36. The lowest BCUT2D eigenvalue weighted by Crippen LogP contribution is -1.99. The van der Waals surface area contributed by atoms with Crippen molar-refractivity contribution in [2.45, 2.75) is 13.8 Å². The highest BCUT2D eigenvalue weighted by Crippen LogP contribution is 2.18. The molecule has 0 aromatic carbocycles. The molecule has 13 heavy (non-hydrogen) atoms. The van der Waals surface area contributed by atoms with Gasteiger partial charge in [-0.1, -0.05) is 11.6 Å². The van der Waals surface area contributed by atoms with E-state index in [0.29, 0.717) is 10.8 Å². The molecule has 0 aliphatic heterocycles. The predicted molar refractivity (Wildman–Crippen MR) is 49.7 cm³/mol. The molecule has 0 bridgehead atoms. The number of aromatic nitrogens is 4. The third-order valence-corrected chi connectivity index (χ3v) is 2.37. The van der Waals surface area contributed by atoms with Gasteiger partial charge in [-0.05, 0) is 13.8 Å². The van der Waals surface area contributed by atoms with Gasteiger partial charge < -0.3 is 5.73 Å². The standard InChI is InChI=1S/C7H8ClN5/c1-3-5(8)4(2)13-7(10-3)11-6(9)12-13/h1-2H3,(H2,9,12). The Bertz CT molecular complexity index is 475. The van der Waals surface area contributed by atoms with E-state index < -0.39 is 0 Å². The zero-order valence-corrected chi connectivity index (χ0v) is 8.00. The first-order valence-corrected chi connectivity index (χ1v) is 4.12. The minimum Gasteiger partial charge on any atom is -0.366 e. The smallest absolute Gasteiger partial charge is 0.254 e. The van der Waals surface area contributed by atoms with E-state index in [9.17, 15) is 0 Å². The molecule has 0 aliphatic rings. The van der Waals surface area contributed by atoms with E-state index in [4.69, 9.17) is 17.3 Å². The van der Waals surface area contributed by atoms with Gasteiger partial charge in [-0.2, -0.15) is 9.50 Å². The maximum Gasteiger partial charge on any atom is 0.254 e. The van der Waals surface area contributed by atoms with Crippen LogP contribution in [0.4, 0.5) is 5.95 Å². The lowest BCUT2D eigenvalue weighted by atomic mass is 10.3. The van der Waals surface area contributed by atoms with Crippen LogP contribution in [0, 0.1) is 13.8 Å². The van der Waals surface area contributed by atoms with E-state index in [2.05, 4.69) is 15.1 Å². The van der Waals surface area contributed by atoms with Crippen LogP contribution in [0.25, 0.3) is 5.78 Å². The molecule has 0 spiro atoms. The Kier molecular flexibility index (Phi) is 1.63. The SMILES string of the molecule is Cc1nc2nc(N)nn2c(C)c1Cl. The van der Waals surface area contributed by atoms with Crippen molar-refractivity contribution in [3.8, 4) is 0 Å². The van der Waals surface area contributed by atoms with Gasteiger partial charge >= 0.3 is 0 Å². The van der Waals surface area contributed by atoms with Crippen molar-refractivity contribution in [3.05, 3.63) is 16.4 Å². The molecular weight excluding hydrogens is 190 g/mol. The zero-order chi connectivity index (χ0) is 9.59. The summed E-state index contributed by atoms with van der Waals surface area (Å²) in [7, 11) is 0. The fourth-order valence-corrected chi connectivity index (χ4v) is 1.29. The first-order chi connectivity index (χ1) is 6.09. The van der Waals surface area contributed by atoms with E-state index in [0.717, 1.165) is 11.4 Å². The fraction of sp³-hybridized carbons (Fsp3) is 0.286. The Morgan fingerprint density at radius 1 is 1.31 bits per heavy atom. The average molecular weight is 198 g/mol. The normalized spacial score (nSPS) is 11.0. The van der Waals surface area contributed by atoms with Crippen LogP contribution in [0.5, 0.6) is 0 Å². The summed E-state index contributed by atoms with van der Waals surface area (Å²) in [4.78, 5) is 8.07. The summed E-state index contributed by atoms with van der Waals surface area (Å²) in [5.74, 6) is 0.689. The van der Waals surface area contributed by atoms with Gasteiger partial charge in [-0.25, -0.2) is 4.98 Å². The number of nitrogen functional groups attached to an aromatic ring is 1. The van der Waals surface area contributed by atoms with E-state index in [1.807, 2.05) is 13.8 Å². The van der Waals surface area contributed by atoms with Crippen LogP contribution in [-0.2, 0) is 0 Å². The van der Waals surface area contributed by atoms with E-state index in [1.54, 1.807) is 0 Å². The molecule has 2 aromatic rings. The molecule has 0 atom stereocenters. The van der Waals surface area contributed by atoms with Crippen LogP contribution in [-0.4, -0.2) is 19.6 Å². The minimum atomic E-state index is 0.206. The fourth-order valence-electron chi connectivity index (χ4n) is 1.17. The molecule has 0 fully saturated rings. The third kappa shape index (κ3) is 1.12. The van der Waals surface area contributed by atoms with Crippen molar-refractivity contribution in [2.75, 3.05) is 5.73 Å². The number of hydrogen-bond acceptors (Lipinski definition) is 4. The number of nitrogens with two attached hydrogens (primary N) is 1. The number of fused-ring (bicyclic) bond motifs is 1. The molecular formula is C7H8ClN5. The highest BCUT2D eigenvalue weighted by molar-refractivity contribution is 6.31. The van der Waals surface area contributed by atoms with Crippen LogP contribution in [0.2, 0.25) is 5.02 Å². The summed E-state index contributed by atoms with van der Waals surface area (Å²) in [5, 5.41) is 4.55. The maximum atomic E-state index is 5.97. The van der Waals surface area contributed by atoms with Gasteiger partial charge in [-0.3, -0.25) is 0 Å². The van der Waals surface area contributed by atoms with Gasteiger partial charge in [0.1, 0.15) is 0 Å². The van der Waals surface area contributed by atoms with Gasteiger partial charge in [0.05, 0.1) is 16.4 Å². The topological polar surface area (TPSA) is 69.1 Å². The number of anilines is 1. The molecule has 68 valence electrons. The quantitative estimate of drug-likeness (QED) is 0.684. The molecule has 0 aliphatic carbocycles. The maximum absolute atomic E-state index is 5.97. The van der Waals surface area contributed by atoms with Crippen LogP contribution in [0.1, 0.15) is 11.4 Å². The summed E-state index contributed by atoms with van der Waals surface area (Å²) in [5.41, 5.74) is 6.97. The van der Waals surface area contributed by atoms with E-state index in [1.165, 1.54) is 4.52 Å². The van der Waals surface area contributed by atoms with Crippen molar-refractivity contribution in [3.63, 3.8) is 0 Å². The highest BCUT2D eigenvalue weighted by Gasteiger charge is 2.09. The summed E-state index contributed by atoms with van der Waals surface area (Å²) in [6, 6.07) is 0. The minimum absolute atomic E-state index is 0.206. The zero-order valence-electron chi connectivity index (χ0n) is 7.24. The molecule has 5 nitrogen and oxygen atoms in total. The second-order valence-corrected chi connectivity index (χ2v) is 3.16. The summed E-state index contributed by atoms with van der Waals surface area (Å²) in [6.07, 6.45) is 0. The first-order valence-electron chi connectivity index (χ1n) is 3.74. The second kappa shape index (κ2) is 2.56. The molecule has 0 amide bonds. The summed E-state index contributed by atoms with van der Waals surface area (Å²) in [6.45, 7) is 3.67. The number of aryl methyl sites for hydroxylation is 2. The molecule has 0 saturated heterocycles. The van der Waals surface area contributed by atoms with Gasteiger partial charge in [0.2, 0.25) is 5.95 Å². The first kappa shape index (κ1) is 8.25. The van der Waals surface area contributed by atoms with E-state index >= 15 is 0 Å². The lowest BCUT2D eigenvalue weighted by molar-refractivity contribution is 0.889. The van der Waals surface area contributed by atoms with Crippen molar-refractivity contribution in [2.24, 2.45) is 0 Å². The summed E-state index contributed by atoms with van der Waals surface area (Å²) >= 11 is 5.97. The Morgan fingerprint density at radius 2 is 2.00 bits per heavy atom. The molecule has 0 unspecified atom stereocenters. The predicted octanol–water partition coefficient (Wildman–Crippen LogP) is 0.977. The molecule has 2 heterocycles. The average Bonchev–Trinajstić information content (AvgIpc) is 2.42. The largest absolute Gasteiger partial charge is 0.366 e. The Balaban J connectivity index is 2.92. The van der Waals surface area contributed by atoms with E-state index in [-0.39, 0.29) is 5.95 Å². The highest BCUT2D eigenvalue weighted by atomic mass is 35.5. The van der Waals surface area contributed by atoms with Crippen LogP contribution < -0.4 is 5.73 Å². The Morgan fingerprint density at radius 3 is 2.69 bits per heavy atom. The van der Waals surface area contributed by atoms with Crippen LogP contribution in [0.15, 0.2) is 0 Å². The van der Waals surface area contributed by atoms with Crippen molar-refractivity contribution in [1.29, 1.82) is 0 Å². The molecule has 6 heteroatoms. The van der Waals surface area contributed by atoms with Gasteiger partial charge in [0.25, 0.3) is 5.78 Å².